The van der Waals surface area contributed by atoms with Crippen LogP contribution >= 0.6 is 0 Å². The fraction of sp³-hybridized carbons (Fsp3) is 0.538. The van der Waals surface area contributed by atoms with Gasteiger partial charge in [-0.1, -0.05) is 60.7 Å². The molecule has 2 aromatic carbocycles. The van der Waals surface area contributed by atoms with Crippen molar-refractivity contribution < 1.29 is 19.6 Å². The Kier molecular flexibility index (Phi) is 7.86. The molecule has 0 aliphatic rings. The zero-order valence-corrected chi connectivity index (χ0v) is 19.8. The van der Waals surface area contributed by atoms with Crippen LogP contribution in [-0.4, -0.2) is 11.2 Å². The summed E-state index contributed by atoms with van der Waals surface area (Å²) in [5.74, 6) is 0. The molecule has 0 saturated heterocycles. The highest BCUT2D eigenvalue weighted by molar-refractivity contribution is 5.24. The van der Waals surface area contributed by atoms with E-state index in [1.54, 1.807) is 0 Å². The maximum absolute atomic E-state index is 6.06. The summed E-state index contributed by atoms with van der Waals surface area (Å²) in [6.07, 6.45) is 1.35. The molecule has 2 aromatic rings. The second-order valence-corrected chi connectivity index (χ2v) is 10.3. The first-order chi connectivity index (χ1) is 13.8. The number of hydrogen-bond acceptors (Lipinski definition) is 4. The van der Waals surface area contributed by atoms with Crippen LogP contribution in [0.1, 0.15) is 79.4 Å². The van der Waals surface area contributed by atoms with E-state index >= 15 is 0 Å². The van der Waals surface area contributed by atoms with E-state index in [4.69, 9.17) is 19.6 Å². The van der Waals surface area contributed by atoms with Crippen molar-refractivity contribution >= 4 is 0 Å². The van der Waals surface area contributed by atoms with Gasteiger partial charge in [0.2, 0.25) is 0 Å². The van der Waals surface area contributed by atoms with Crippen LogP contribution in [0.25, 0.3) is 0 Å². The van der Waals surface area contributed by atoms with Crippen molar-refractivity contribution in [3.8, 4) is 0 Å². The molecule has 0 aromatic heterocycles. The Morgan fingerprint density at radius 1 is 0.467 bits per heavy atom. The fourth-order valence-electron chi connectivity index (χ4n) is 2.96. The molecule has 0 amide bonds. The third-order valence-corrected chi connectivity index (χ3v) is 4.80. The Morgan fingerprint density at radius 3 is 1.03 bits per heavy atom. The average Bonchev–Trinajstić information content (AvgIpc) is 2.70. The smallest absolute Gasteiger partial charge is 0.126 e. The van der Waals surface area contributed by atoms with E-state index in [-0.39, 0.29) is 0 Å². The summed E-state index contributed by atoms with van der Waals surface area (Å²) < 4.78 is 0. The zero-order valence-electron chi connectivity index (χ0n) is 19.8. The molecule has 4 heteroatoms. The van der Waals surface area contributed by atoms with Crippen LogP contribution in [0.5, 0.6) is 0 Å². The standard InChI is InChI=1S/C26H38O4/c1-23(2,3)27-29-25(7,21-15-11-9-12-16-21)19-20-26(8,30-28-24(4,5)6)22-17-13-10-14-18-22/h9-18H,19-20H2,1-8H3. The number of rotatable bonds is 9. The van der Waals surface area contributed by atoms with Gasteiger partial charge in [-0.05, 0) is 79.4 Å². The Balaban J connectivity index is 2.29. The minimum absolute atomic E-state index is 0.412. The highest BCUT2D eigenvalue weighted by Crippen LogP contribution is 2.39. The van der Waals surface area contributed by atoms with Gasteiger partial charge in [-0.3, -0.25) is 0 Å². The monoisotopic (exact) mass is 414 g/mol. The lowest BCUT2D eigenvalue weighted by molar-refractivity contribution is -0.420. The van der Waals surface area contributed by atoms with E-state index in [0.717, 1.165) is 11.1 Å². The van der Waals surface area contributed by atoms with E-state index < -0.39 is 22.4 Å². The molecule has 2 atom stereocenters. The summed E-state index contributed by atoms with van der Waals surface area (Å²) >= 11 is 0. The van der Waals surface area contributed by atoms with E-state index in [0.29, 0.717) is 12.8 Å². The van der Waals surface area contributed by atoms with Crippen LogP contribution in [0, 0.1) is 0 Å². The normalized spacial score (nSPS) is 16.7. The molecule has 0 radical (unpaired) electrons. The molecular formula is C26H38O4. The summed E-state index contributed by atoms with van der Waals surface area (Å²) in [7, 11) is 0. The third-order valence-electron chi connectivity index (χ3n) is 4.80. The summed E-state index contributed by atoms with van der Waals surface area (Å²) in [6.45, 7) is 16.0. The summed E-state index contributed by atoms with van der Waals surface area (Å²) in [5, 5.41) is 0. The van der Waals surface area contributed by atoms with Crippen molar-refractivity contribution in [2.75, 3.05) is 0 Å². The zero-order chi connectivity index (χ0) is 22.5. The second-order valence-electron chi connectivity index (χ2n) is 10.3. The van der Waals surface area contributed by atoms with Crippen molar-refractivity contribution in [3.05, 3.63) is 71.8 Å². The molecule has 166 valence electrons. The first-order valence-electron chi connectivity index (χ1n) is 10.7. The molecule has 0 bridgehead atoms. The summed E-state index contributed by atoms with van der Waals surface area (Å²) in [4.78, 5) is 23.6. The van der Waals surface area contributed by atoms with Crippen molar-refractivity contribution in [1.29, 1.82) is 0 Å². The van der Waals surface area contributed by atoms with Gasteiger partial charge in [0.15, 0.2) is 0 Å². The Morgan fingerprint density at radius 2 is 0.767 bits per heavy atom. The second kappa shape index (κ2) is 9.61. The van der Waals surface area contributed by atoms with Gasteiger partial charge in [-0.2, -0.15) is 0 Å². The molecule has 2 unspecified atom stereocenters. The lowest BCUT2D eigenvalue weighted by Gasteiger charge is -2.37. The molecule has 0 aliphatic carbocycles. The highest BCUT2D eigenvalue weighted by Gasteiger charge is 2.38. The average molecular weight is 415 g/mol. The first kappa shape index (κ1) is 24.5. The first-order valence-corrected chi connectivity index (χ1v) is 10.7. The van der Waals surface area contributed by atoms with Gasteiger partial charge in [0.1, 0.15) is 11.2 Å². The Labute approximate surface area is 182 Å². The maximum Gasteiger partial charge on any atom is 0.126 e. The molecule has 0 fully saturated rings. The molecule has 0 aliphatic heterocycles. The molecule has 2 rings (SSSR count). The van der Waals surface area contributed by atoms with Gasteiger partial charge in [0.05, 0.1) is 11.2 Å². The van der Waals surface area contributed by atoms with Crippen LogP contribution in [0.4, 0.5) is 0 Å². The SMILES string of the molecule is CC(C)(C)OOC(C)(CCC(C)(OOC(C)(C)C)c1ccccc1)c1ccccc1. The van der Waals surface area contributed by atoms with Crippen molar-refractivity contribution in [1.82, 2.24) is 0 Å². The molecular weight excluding hydrogens is 376 g/mol. The van der Waals surface area contributed by atoms with Crippen molar-refractivity contribution in [3.63, 3.8) is 0 Å². The summed E-state index contributed by atoms with van der Waals surface area (Å²) in [6, 6.07) is 20.3. The lowest BCUT2D eigenvalue weighted by Crippen LogP contribution is -2.36. The van der Waals surface area contributed by atoms with Crippen LogP contribution in [0.15, 0.2) is 60.7 Å². The van der Waals surface area contributed by atoms with E-state index in [1.165, 1.54) is 0 Å². The molecule has 4 nitrogen and oxygen atoms in total. The van der Waals surface area contributed by atoms with E-state index in [9.17, 15) is 0 Å². The van der Waals surface area contributed by atoms with E-state index in [2.05, 4.69) is 38.1 Å². The Bertz CT molecular complexity index is 694. The summed E-state index contributed by atoms with van der Waals surface area (Å²) in [5.41, 5.74) is 0.00318. The minimum Gasteiger partial charge on any atom is -0.230 e. The van der Waals surface area contributed by atoms with Crippen molar-refractivity contribution in [2.45, 2.75) is 90.6 Å². The largest absolute Gasteiger partial charge is 0.230 e. The molecule has 0 heterocycles. The van der Waals surface area contributed by atoms with Gasteiger partial charge in [-0.25, -0.2) is 19.6 Å². The molecule has 30 heavy (non-hydrogen) atoms. The van der Waals surface area contributed by atoms with E-state index in [1.807, 2.05) is 77.9 Å². The van der Waals surface area contributed by atoms with Crippen LogP contribution in [0.2, 0.25) is 0 Å². The highest BCUT2D eigenvalue weighted by atomic mass is 17.2. The van der Waals surface area contributed by atoms with Crippen molar-refractivity contribution in [2.24, 2.45) is 0 Å². The van der Waals surface area contributed by atoms with Crippen LogP contribution in [-0.2, 0) is 30.8 Å². The minimum atomic E-state index is -0.643. The van der Waals surface area contributed by atoms with Gasteiger partial charge in [0.25, 0.3) is 0 Å². The number of hydrogen-bond donors (Lipinski definition) is 0. The lowest BCUT2D eigenvalue weighted by atomic mass is 9.83. The van der Waals surface area contributed by atoms with Gasteiger partial charge in [-0.15, -0.1) is 0 Å². The fourth-order valence-corrected chi connectivity index (χ4v) is 2.96. The Hall–Kier alpha value is -1.72. The van der Waals surface area contributed by atoms with Gasteiger partial charge < -0.3 is 0 Å². The van der Waals surface area contributed by atoms with Gasteiger partial charge >= 0.3 is 0 Å². The molecule has 0 spiro atoms. The maximum atomic E-state index is 6.06. The number of benzene rings is 2. The van der Waals surface area contributed by atoms with Crippen LogP contribution in [0.3, 0.4) is 0 Å². The van der Waals surface area contributed by atoms with Crippen LogP contribution < -0.4 is 0 Å². The quantitative estimate of drug-likeness (QED) is 0.324. The van der Waals surface area contributed by atoms with Gasteiger partial charge in [0, 0.05) is 0 Å². The predicted molar refractivity (Wildman–Crippen MR) is 121 cm³/mol. The molecule has 0 saturated carbocycles. The topological polar surface area (TPSA) is 36.9 Å². The third kappa shape index (κ3) is 7.51. The predicted octanol–water partition coefficient (Wildman–Crippen LogP) is 7.09. The molecule has 0 N–H and O–H groups in total.